The zero-order chi connectivity index (χ0) is 15.1. The number of nitrogens with one attached hydrogen (secondary N) is 2. The lowest BCUT2D eigenvalue weighted by Gasteiger charge is -2.15. The van der Waals surface area contributed by atoms with Crippen LogP contribution >= 0.6 is 11.6 Å². The van der Waals surface area contributed by atoms with Crippen molar-refractivity contribution in [3.63, 3.8) is 0 Å². The average Bonchev–Trinajstić information content (AvgIpc) is 2.48. The van der Waals surface area contributed by atoms with Crippen molar-refractivity contribution < 1.29 is 4.79 Å². The molecule has 0 heterocycles. The lowest BCUT2D eigenvalue weighted by Crippen LogP contribution is -2.36. The number of anilines is 1. The molecule has 0 aliphatic heterocycles. The highest BCUT2D eigenvalue weighted by Crippen LogP contribution is 2.20. The van der Waals surface area contributed by atoms with Gasteiger partial charge in [0.05, 0.1) is 10.7 Å². The fourth-order valence-electron chi connectivity index (χ4n) is 2.04. The van der Waals surface area contributed by atoms with Crippen LogP contribution in [0.5, 0.6) is 0 Å². The number of hydrogen-bond acceptors (Lipinski definition) is 1. The van der Waals surface area contributed by atoms with E-state index in [1.165, 1.54) is 5.56 Å². The maximum absolute atomic E-state index is 11.9. The second-order valence-electron chi connectivity index (χ2n) is 5.00. The molecule has 0 fully saturated rings. The number of urea groups is 1. The van der Waals surface area contributed by atoms with Crippen LogP contribution in [0.1, 0.15) is 18.9 Å². The number of para-hydroxylation sites is 1. The van der Waals surface area contributed by atoms with Gasteiger partial charge in [0, 0.05) is 6.04 Å². The third kappa shape index (κ3) is 5.12. The van der Waals surface area contributed by atoms with Crippen LogP contribution in [0.3, 0.4) is 0 Å². The quantitative estimate of drug-likeness (QED) is 0.840. The third-order valence-corrected chi connectivity index (χ3v) is 3.54. The molecule has 0 radical (unpaired) electrons. The van der Waals surface area contributed by atoms with Gasteiger partial charge in [-0.3, -0.25) is 0 Å². The maximum Gasteiger partial charge on any atom is 0.319 e. The lowest BCUT2D eigenvalue weighted by atomic mass is 10.1. The van der Waals surface area contributed by atoms with Gasteiger partial charge in [0.2, 0.25) is 0 Å². The molecule has 110 valence electrons. The summed E-state index contributed by atoms with van der Waals surface area (Å²) in [5.74, 6) is 0. The van der Waals surface area contributed by atoms with Crippen molar-refractivity contribution in [2.24, 2.45) is 0 Å². The summed E-state index contributed by atoms with van der Waals surface area (Å²) in [5, 5.41) is 6.21. The van der Waals surface area contributed by atoms with Crippen molar-refractivity contribution in [1.82, 2.24) is 5.32 Å². The van der Waals surface area contributed by atoms with Crippen LogP contribution in [0.25, 0.3) is 0 Å². The molecule has 21 heavy (non-hydrogen) atoms. The molecule has 2 N–H and O–H groups in total. The topological polar surface area (TPSA) is 41.1 Å². The Labute approximate surface area is 130 Å². The summed E-state index contributed by atoms with van der Waals surface area (Å²) in [6.07, 6.45) is 1.83. The van der Waals surface area contributed by atoms with Gasteiger partial charge in [-0.1, -0.05) is 54.1 Å². The van der Waals surface area contributed by atoms with E-state index in [1.54, 1.807) is 12.1 Å². The number of halogens is 1. The number of hydrogen-bond donors (Lipinski definition) is 2. The first kappa shape index (κ1) is 15.4. The van der Waals surface area contributed by atoms with Crippen LogP contribution in [0.2, 0.25) is 5.02 Å². The molecule has 0 bridgehead atoms. The molecule has 0 saturated carbocycles. The summed E-state index contributed by atoms with van der Waals surface area (Å²) < 4.78 is 0. The predicted octanol–water partition coefficient (Wildman–Crippen LogP) is 4.48. The molecule has 3 nitrogen and oxygen atoms in total. The Morgan fingerprint density at radius 2 is 1.76 bits per heavy atom. The molecule has 1 atom stereocenters. The fraction of sp³-hybridized carbons (Fsp3) is 0.235. The lowest BCUT2D eigenvalue weighted by molar-refractivity contribution is 0.248. The van der Waals surface area contributed by atoms with Gasteiger partial charge in [-0.05, 0) is 37.5 Å². The SMILES string of the molecule is CC(CCc1ccccc1)NC(=O)Nc1ccccc1Cl. The summed E-state index contributed by atoms with van der Waals surface area (Å²) in [4.78, 5) is 11.9. The molecule has 1 unspecified atom stereocenters. The molecule has 2 aromatic carbocycles. The van der Waals surface area contributed by atoms with Gasteiger partial charge in [0.15, 0.2) is 0 Å². The smallest absolute Gasteiger partial charge is 0.319 e. The Bertz CT molecular complexity index is 586. The molecule has 0 saturated heterocycles. The van der Waals surface area contributed by atoms with Crippen molar-refractivity contribution in [3.8, 4) is 0 Å². The number of carbonyl (C=O) groups excluding carboxylic acids is 1. The number of benzene rings is 2. The van der Waals surface area contributed by atoms with Gasteiger partial charge in [-0.25, -0.2) is 4.79 Å². The second-order valence-corrected chi connectivity index (χ2v) is 5.41. The highest BCUT2D eigenvalue weighted by molar-refractivity contribution is 6.33. The van der Waals surface area contributed by atoms with E-state index in [-0.39, 0.29) is 12.1 Å². The van der Waals surface area contributed by atoms with E-state index in [4.69, 9.17) is 11.6 Å². The van der Waals surface area contributed by atoms with Gasteiger partial charge < -0.3 is 10.6 Å². The van der Waals surface area contributed by atoms with E-state index in [2.05, 4.69) is 22.8 Å². The maximum atomic E-state index is 11.9. The fourth-order valence-corrected chi connectivity index (χ4v) is 2.23. The van der Waals surface area contributed by atoms with E-state index in [0.29, 0.717) is 10.7 Å². The van der Waals surface area contributed by atoms with Gasteiger partial charge in [0.25, 0.3) is 0 Å². The molecule has 4 heteroatoms. The number of rotatable bonds is 5. The zero-order valence-corrected chi connectivity index (χ0v) is 12.7. The monoisotopic (exact) mass is 302 g/mol. The minimum atomic E-state index is -0.233. The molecule has 0 aliphatic rings. The van der Waals surface area contributed by atoms with Crippen molar-refractivity contribution in [2.45, 2.75) is 25.8 Å². The van der Waals surface area contributed by atoms with Crippen LogP contribution in [-0.4, -0.2) is 12.1 Å². The largest absolute Gasteiger partial charge is 0.335 e. The Hall–Kier alpha value is -2.00. The van der Waals surface area contributed by atoms with E-state index in [1.807, 2.05) is 37.3 Å². The molecule has 2 rings (SSSR count). The van der Waals surface area contributed by atoms with E-state index in [9.17, 15) is 4.79 Å². The van der Waals surface area contributed by atoms with Gasteiger partial charge in [-0.2, -0.15) is 0 Å². The van der Waals surface area contributed by atoms with Crippen LogP contribution in [0, 0.1) is 0 Å². The molecule has 0 spiro atoms. The van der Waals surface area contributed by atoms with Gasteiger partial charge in [0.1, 0.15) is 0 Å². The van der Waals surface area contributed by atoms with Gasteiger partial charge in [-0.15, -0.1) is 0 Å². The molecule has 0 aliphatic carbocycles. The number of carbonyl (C=O) groups is 1. The number of amides is 2. The van der Waals surface area contributed by atoms with Crippen LogP contribution in [0.4, 0.5) is 10.5 Å². The van der Waals surface area contributed by atoms with E-state index in [0.717, 1.165) is 12.8 Å². The first-order chi connectivity index (χ1) is 10.1. The predicted molar refractivity (Wildman–Crippen MR) is 87.8 cm³/mol. The minimum Gasteiger partial charge on any atom is -0.335 e. The summed E-state index contributed by atoms with van der Waals surface area (Å²) >= 11 is 6.00. The van der Waals surface area contributed by atoms with Crippen LogP contribution < -0.4 is 10.6 Å². The second kappa shape index (κ2) is 7.70. The normalized spacial score (nSPS) is 11.7. The molecule has 2 aromatic rings. The summed E-state index contributed by atoms with van der Waals surface area (Å²) in [6, 6.07) is 17.3. The summed E-state index contributed by atoms with van der Waals surface area (Å²) in [5.41, 5.74) is 1.89. The first-order valence-corrected chi connectivity index (χ1v) is 7.39. The Balaban J connectivity index is 1.78. The van der Waals surface area contributed by atoms with Crippen LogP contribution in [0.15, 0.2) is 54.6 Å². The number of aryl methyl sites for hydroxylation is 1. The van der Waals surface area contributed by atoms with Gasteiger partial charge >= 0.3 is 6.03 Å². The highest BCUT2D eigenvalue weighted by atomic mass is 35.5. The van der Waals surface area contributed by atoms with Crippen molar-refractivity contribution in [2.75, 3.05) is 5.32 Å². The Kier molecular flexibility index (Phi) is 5.64. The molecular weight excluding hydrogens is 284 g/mol. The van der Waals surface area contributed by atoms with E-state index >= 15 is 0 Å². The molecular formula is C17H19ClN2O. The molecule has 2 amide bonds. The van der Waals surface area contributed by atoms with E-state index < -0.39 is 0 Å². The summed E-state index contributed by atoms with van der Waals surface area (Å²) in [7, 11) is 0. The summed E-state index contributed by atoms with van der Waals surface area (Å²) in [6.45, 7) is 2.00. The van der Waals surface area contributed by atoms with Crippen LogP contribution in [-0.2, 0) is 6.42 Å². The average molecular weight is 303 g/mol. The van der Waals surface area contributed by atoms with Crippen molar-refractivity contribution >= 4 is 23.3 Å². The molecule has 0 aromatic heterocycles. The zero-order valence-electron chi connectivity index (χ0n) is 12.0. The third-order valence-electron chi connectivity index (χ3n) is 3.21. The Morgan fingerprint density at radius 1 is 1.10 bits per heavy atom. The van der Waals surface area contributed by atoms with Crippen molar-refractivity contribution in [1.29, 1.82) is 0 Å². The minimum absolute atomic E-state index is 0.0905. The standard InChI is InChI=1S/C17H19ClN2O/c1-13(11-12-14-7-3-2-4-8-14)19-17(21)20-16-10-6-5-9-15(16)18/h2-10,13H,11-12H2,1H3,(H2,19,20,21). The van der Waals surface area contributed by atoms with Crippen molar-refractivity contribution in [3.05, 3.63) is 65.2 Å². The Morgan fingerprint density at radius 3 is 2.48 bits per heavy atom. The highest BCUT2D eigenvalue weighted by Gasteiger charge is 2.09. The first-order valence-electron chi connectivity index (χ1n) is 7.01.